The van der Waals surface area contributed by atoms with E-state index in [1.54, 1.807) is 6.07 Å². The van der Waals surface area contributed by atoms with Crippen LogP contribution in [0.15, 0.2) is 12.1 Å². The molecule has 0 aliphatic carbocycles. The van der Waals surface area contributed by atoms with Crippen LogP contribution in [0.3, 0.4) is 0 Å². The quantitative estimate of drug-likeness (QED) is 0.589. The van der Waals surface area contributed by atoms with Crippen molar-refractivity contribution < 1.29 is 19.0 Å². The van der Waals surface area contributed by atoms with Crippen LogP contribution < -0.4 is 9.47 Å². The molecule has 0 aliphatic rings. The second-order valence-electron chi connectivity index (χ2n) is 3.68. The van der Waals surface area contributed by atoms with E-state index in [0.29, 0.717) is 28.7 Å². The third-order valence-electron chi connectivity index (χ3n) is 2.40. The second-order valence-corrected chi connectivity index (χ2v) is 4.09. The molecule has 0 aromatic heterocycles. The van der Waals surface area contributed by atoms with Gasteiger partial charge in [-0.05, 0) is 18.6 Å². The maximum absolute atomic E-state index is 11.8. The fraction of sp³-hybridized carbons (Fsp3) is 0.462. The Hall–Kier alpha value is -1.42. The van der Waals surface area contributed by atoms with Crippen LogP contribution in [0.1, 0.15) is 30.1 Å². The van der Waals surface area contributed by atoms with E-state index in [4.69, 9.17) is 25.8 Å². The van der Waals surface area contributed by atoms with Crippen molar-refractivity contribution in [2.45, 2.75) is 19.8 Å². The number of unbranched alkanes of at least 4 members (excludes halogenated alkanes) is 1. The van der Waals surface area contributed by atoms with Gasteiger partial charge >= 0.3 is 5.97 Å². The molecule has 5 heteroatoms. The van der Waals surface area contributed by atoms with Crippen LogP contribution in [-0.2, 0) is 4.74 Å². The Morgan fingerprint density at radius 1 is 1.28 bits per heavy atom. The summed E-state index contributed by atoms with van der Waals surface area (Å²) >= 11 is 6.01. The van der Waals surface area contributed by atoms with Crippen molar-refractivity contribution in [1.29, 1.82) is 0 Å². The molecule has 0 bridgehead atoms. The number of esters is 1. The first-order valence-corrected chi connectivity index (χ1v) is 6.10. The highest BCUT2D eigenvalue weighted by Crippen LogP contribution is 2.36. The van der Waals surface area contributed by atoms with Crippen LogP contribution in [0.2, 0.25) is 5.02 Å². The number of hydrogen-bond acceptors (Lipinski definition) is 4. The molecule has 0 amide bonds. The van der Waals surface area contributed by atoms with Gasteiger partial charge < -0.3 is 14.2 Å². The van der Waals surface area contributed by atoms with Crippen LogP contribution in [0, 0.1) is 0 Å². The first-order valence-electron chi connectivity index (χ1n) is 5.72. The van der Waals surface area contributed by atoms with Crippen LogP contribution in [-0.4, -0.2) is 26.8 Å². The van der Waals surface area contributed by atoms with E-state index < -0.39 is 5.97 Å². The van der Waals surface area contributed by atoms with Gasteiger partial charge in [0.2, 0.25) is 0 Å². The average Bonchev–Trinajstić information content (AvgIpc) is 2.37. The minimum atomic E-state index is -0.411. The first kappa shape index (κ1) is 14.6. The SMILES string of the molecule is CCCCOC(=O)c1cc(Cl)c(OC)c(OC)c1. The van der Waals surface area contributed by atoms with Gasteiger partial charge in [0.1, 0.15) is 0 Å². The number of halogens is 1. The van der Waals surface area contributed by atoms with Gasteiger partial charge in [-0.25, -0.2) is 4.79 Å². The summed E-state index contributed by atoms with van der Waals surface area (Å²) in [5.41, 5.74) is 0.355. The standard InChI is InChI=1S/C13H17ClO4/c1-4-5-6-18-13(15)9-7-10(14)12(17-3)11(8-9)16-2/h7-8H,4-6H2,1-3H3. The molecule has 0 radical (unpaired) electrons. The Balaban J connectivity index is 2.90. The molecule has 0 fully saturated rings. The van der Waals surface area contributed by atoms with Crippen molar-refractivity contribution in [3.05, 3.63) is 22.7 Å². The summed E-state index contributed by atoms with van der Waals surface area (Å²) in [6, 6.07) is 3.07. The van der Waals surface area contributed by atoms with Crippen LogP contribution in [0.25, 0.3) is 0 Å². The smallest absolute Gasteiger partial charge is 0.338 e. The lowest BCUT2D eigenvalue weighted by molar-refractivity contribution is 0.0499. The molecular weight excluding hydrogens is 256 g/mol. The van der Waals surface area contributed by atoms with Gasteiger partial charge in [-0.15, -0.1) is 0 Å². The van der Waals surface area contributed by atoms with E-state index in [2.05, 4.69) is 0 Å². The largest absolute Gasteiger partial charge is 0.493 e. The molecule has 0 unspecified atom stereocenters. The lowest BCUT2D eigenvalue weighted by Crippen LogP contribution is -2.07. The summed E-state index contributed by atoms with van der Waals surface area (Å²) in [5, 5.41) is 0.319. The number of carbonyl (C=O) groups excluding carboxylic acids is 1. The van der Waals surface area contributed by atoms with E-state index in [0.717, 1.165) is 12.8 Å². The van der Waals surface area contributed by atoms with Crippen molar-refractivity contribution in [2.24, 2.45) is 0 Å². The summed E-state index contributed by atoms with van der Waals surface area (Å²) < 4.78 is 15.3. The monoisotopic (exact) mass is 272 g/mol. The minimum absolute atomic E-state index is 0.319. The summed E-state index contributed by atoms with van der Waals surface area (Å²) in [5.74, 6) is 0.406. The molecule has 1 rings (SSSR count). The van der Waals surface area contributed by atoms with E-state index in [9.17, 15) is 4.79 Å². The van der Waals surface area contributed by atoms with E-state index in [-0.39, 0.29) is 0 Å². The number of carbonyl (C=O) groups is 1. The van der Waals surface area contributed by atoms with Gasteiger partial charge in [0.15, 0.2) is 11.5 Å². The Kier molecular flexibility index (Phi) is 5.78. The molecule has 0 aliphatic heterocycles. The lowest BCUT2D eigenvalue weighted by atomic mass is 10.2. The second kappa shape index (κ2) is 7.11. The molecule has 18 heavy (non-hydrogen) atoms. The van der Waals surface area contributed by atoms with Gasteiger partial charge in [-0.3, -0.25) is 0 Å². The average molecular weight is 273 g/mol. The Morgan fingerprint density at radius 3 is 2.56 bits per heavy atom. The molecule has 0 spiro atoms. The van der Waals surface area contributed by atoms with Crippen molar-refractivity contribution in [3.8, 4) is 11.5 Å². The van der Waals surface area contributed by atoms with E-state index in [1.165, 1.54) is 20.3 Å². The number of methoxy groups -OCH3 is 2. The molecule has 0 saturated carbocycles. The Morgan fingerprint density at radius 2 is 2.00 bits per heavy atom. The van der Waals surface area contributed by atoms with Gasteiger partial charge in [-0.1, -0.05) is 24.9 Å². The highest BCUT2D eigenvalue weighted by molar-refractivity contribution is 6.32. The van der Waals surface area contributed by atoms with Crippen molar-refractivity contribution in [2.75, 3.05) is 20.8 Å². The summed E-state index contributed by atoms with van der Waals surface area (Å²) in [6.07, 6.45) is 1.81. The molecule has 1 aromatic carbocycles. The maximum atomic E-state index is 11.8. The molecule has 0 heterocycles. The zero-order valence-corrected chi connectivity index (χ0v) is 11.5. The zero-order chi connectivity index (χ0) is 13.5. The summed E-state index contributed by atoms with van der Waals surface area (Å²) in [6.45, 7) is 2.43. The number of hydrogen-bond donors (Lipinski definition) is 0. The third-order valence-corrected chi connectivity index (χ3v) is 2.68. The van der Waals surface area contributed by atoms with Crippen molar-refractivity contribution in [3.63, 3.8) is 0 Å². The topological polar surface area (TPSA) is 44.8 Å². The van der Waals surface area contributed by atoms with Crippen LogP contribution in [0.5, 0.6) is 11.5 Å². The number of rotatable bonds is 6. The molecule has 100 valence electrons. The minimum Gasteiger partial charge on any atom is -0.493 e. The number of benzene rings is 1. The van der Waals surface area contributed by atoms with Gasteiger partial charge in [-0.2, -0.15) is 0 Å². The van der Waals surface area contributed by atoms with Crippen LogP contribution in [0.4, 0.5) is 0 Å². The third kappa shape index (κ3) is 3.53. The predicted octanol–water partition coefficient (Wildman–Crippen LogP) is 3.31. The van der Waals surface area contributed by atoms with Gasteiger partial charge in [0.25, 0.3) is 0 Å². The van der Waals surface area contributed by atoms with Crippen LogP contribution >= 0.6 is 11.6 Å². The molecule has 0 N–H and O–H groups in total. The van der Waals surface area contributed by atoms with E-state index >= 15 is 0 Å². The Labute approximate surface area is 112 Å². The van der Waals surface area contributed by atoms with Crippen molar-refractivity contribution >= 4 is 17.6 Å². The fourth-order valence-electron chi connectivity index (χ4n) is 1.43. The van der Waals surface area contributed by atoms with Gasteiger partial charge in [0, 0.05) is 0 Å². The summed E-state index contributed by atoms with van der Waals surface area (Å²) in [7, 11) is 2.98. The first-order chi connectivity index (χ1) is 8.63. The fourth-order valence-corrected chi connectivity index (χ4v) is 1.72. The van der Waals surface area contributed by atoms with Gasteiger partial charge in [0.05, 0.1) is 31.4 Å². The molecule has 0 atom stereocenters. The van der Waals surface area contributed by atoms with Crippen molar-refractivity contribution in [1.82, 2.24) is 0 Å². The van der Waals surface area contributed by atoms with E-state index in [1.807, 2.05) is 6.92 Å². The summed E-state index contributed by atoms with van der Waals surface area (Å²) in [4.78, 5) is 11.8. The molecule has 1 aromatic rings. The zero-order valence-electron chi connectivity index (χ0n) is 10.8. The number of ether oxygens (including phenoxy) is 3. The lowest BCUT2D eigenvalue weighted by Gasteiger charge is -2.11. The normalized spacial score (nSPS) is 10.0. The maximum Gasteiger partial charge on any atom is 0.338 e. The molecule has 0 saturated heterocycles. The highest BCUT2D eigenvalue weighted by Gasteiger charge is 2.15. The Bertz CT molecular complexity index is 418. The molecular formula is C13H17ClO4. The predicted molar refractivity (Wildman–Crippen MR) is 69.7 cm³/mol. The molecule has 4 nitrogen and oxygen atoms in total. The highest BCUT2D eigenvalue weighted by atomic mass is 35.5.